The molecule has 1 rings (SSSR count). The van der Waals surface area contributed by atoms with Gasteiger partial charge in [-0.3, -0.25) is 0 Å². The zero-order chi connectivity index (χ0) is 8.97. The van der Waals surface area contributed by atoms with E-state index in [1.165, 1.54) is 0 Å². The van der Waals surface area contributed by atoms with Crippen molar-refractivity contribution < 1.29 is 9.84 Å². The van der Waals surface area contributed by atoms with Gasteiger partial charge in [0.05, 0.1) is 13.7 Å². The summed E-state index contributed by atoms with van der Waals surface area (Å²) in [5.41, 5.74) is 0.917. The summed E-state index contributed by atoms with van der Waals surface area (Å²) in [5, 5.41) is 8.87. The maximum Gasteiger partial charge on any atom is 0.132 e. The molecule has 0 aromatic heterocycles. The lowest BCUT2D eigenvalue weighted by atomic mass is 10.2. The molecular formula is C9H12O2S. The van der Waals surface area contributed by atoms with E-state index < -0.39 is 0 Å². The van der Waals surface area contributed by atoms with Crippen LogP contribution in [0.15, 0.2) is 23.1 Å². The molecule has 0 bridgehead atoms. The molecule has 1 aromatic rings. The van der Waals surface area contributed by atoms with Gasteiger partial charge < -0.3 is 9.84 Å². The fourth-order valence-electron chi connectivity index (χ4n) is 0.979. The third-order valence-corrected chi connectivity index (χ3v) is 2.39. The van der Waals surface area contributed by atoms with Gasteiger partial charge in [-0.05, 0) is 24.0 Å². The lowest BCUT2D eigenvalue weighted by Crippen LogP contribution is -1.88. The van der Waals surface area contributed by atoms with Crippen LogP contribution in [-0.2, 0) is 6.61 Å². The summed E-state index contributed by atoms with van der Waals surface area (Å²) in [5.74, 6) is 0.861. The van der Waals surface area contributed by atoms with Crippen LogP contribution >= 0.6 is 11.8 Å². The summed E-state index contributed by atoms with van der Waals surface area (Å²) in [6.45, 7) is 0.0809. The Bertz CT molecular complexity index is 261. The number of benzene rings is 1. The van der Waals surface area contributed by atoms with E-state index in [0.717, 1.165) is 16.2 Å². The van der Waals surface area contributed by atoms with E-state index in [4.69, 9.17) is 9.84 Å². The second kappa shape index (κ2) is 4.38. The summed E-state index contributed by atoms with van der Waals surface area (Å²) in [7, 11) is 1.65. The summed E-state index contributed by atoms with van der Waals surface area (Å²) in [6, 6.07) is 5.67. The van der Waals surface area contributed by atoms with Crippen LogP contribution in [0.5, 0.6) is 5.75 Å². The summed E-state index contributed by atoms with van der Waals surface area (Å²) in [6.07, 6.45) is 1.99. The van der Waals surface area contributed by atoms with Crippen molar-refractivity contribution >= 4 is 11.8 Å². The van der Waals surface area contributed by atoms with E-state index in [1.54, 1.807) is 18.9 Å². The molecule has 0 saturated carbocycles. The van der Waals surface area contributed by atoms with Crippen molar-refractivity contribution in [2.45, 2.75) is 11.5 Å². The molecule has 1 N–H and O–H groups in total. The second-order valence-corrected chi connectivity index (χ2v) is 3.20. The Morgan fingerprint density at radius 3 is 2.75 bits per heavy atom. The third-order valence-electron chi connectivity index (χ3n) is 1.63. The lowest BCUT2D eigenvalue weighted by Gasteiger charge is -2.06. The Morgan fingerprint density at radius 1 is 1.50 bits per heavy atom. The first-order valence-corrected chi connectivity index (χ1v) is 4.86. The summed E-state index contributed by atoms with van der Waals surface area (Å²) < 4.78 is 5.13. The molecular weight excluding hydrogens is 172 g/mol. The maximum absolute atomic E-state index is 8.87. The molecule has 0 aliphatic heterocycles. The topological polar surface area (TPSA) is 29.5 Å². The van der Waals surface area contributed by atoms with E-state index >= 15 is 0 Å². The van der Waals surface area contributed by atoms with E-state index in [0.29, 0.717) is 0 Å². The minimum atomic E-state index is 0.0809. The largest absolute Gasteiger partial charge is 0.496 e. The van der Waals surface area contributed by atoms with Gasteiger partial charge in [0.1, 0.15) is 5.75 Å². The molecule has 0 unspecified atom stereocenters. The maximum atomic E-state index is 8.87. The smallest absolute Gasteiger partial charge is 0.132 e. The zero-order valence-corrected chi connectivity index (χ0v) is 8.02. The molecule has 1 aromatic carbocycles. The predicted molar refractivity (Wildman–Crippen MR) is 50.7 cm³/mol. The van der Waals surface area contributed by atoms with Gasteiger partial charge in [-0.1, -0.05) is 6.07 Å². The predicted octanol–water partition coefficient (Wildman–Crippen LogP) is 1.91. The molecule has 0 fully saturated rings. The molecule has 12 heavy (non-hydrogen) atoms. The monoisotopic (exact) mass is 184 g/mol. The molecule has 2 nitrogen and oxygen atoms in total. The second-order valence-electron chi connectivity index (χ2n) is 2.35. The number of aliphatic hydroxyl groups excluding tert-OH is 1. The molecule has 0 spiro atoms. The van der Waals surface area contributed by atoms with Crippen LogP contribution in [0.3, 0.4) is 0 Å². The van der Waals surface area contributed by atoms with Crippen LogP contribution < -0.4 is 4.74 Å². The van der Waals surface area contributed by atoms with Crippen molar-refractivity contribution in [1.29, 1.82) is 0 Å². The highest BCUT2D eigenvalue weighted by Crippen LogP contribution is 2.28. The van der Waals surface area contributed by atoms with Gasteiger partial charge in [0.2, 0.25) is 0 Å². The van der Waals surface area contributed by atoms with Crippen LogP contribution in [0.25, 0.3) is 0 Å². The van der Waals surface area contributed by atoms with Gasteiger partial charge >= 0.3 is 0 Å². The first-order chi connectivity index (χ1) is 5.81. The fraction of sp³-hybridized carbons (Fsp3) is 0.333. The first-order valence-electron chi connectivity index (χ1n) is 3.63. The number of rotatable bonds is 3. The minimum absolute atomic E-state index is 0.0809. The lowest BCUT2D eigenvalue weighted by molar-refractivity contribution is 0.281. The van der Waals surface area contributed by atoms with E-state index in [-0.39, 0.29) is 6.61 Å². The third kappa shape index (κ3) is 1.93. The molecule has 0 atom stereocenters. The number of thioether (sulfide) groups is 1. The van der Waals surface area contributed by atoms with Crippen LogP contribution in [0.2, 0.25) is 0 Å². The number of hydrogen-bond donors (Lipinski definition) is 1. The Kier molecular flexibility index (Phi) is 3.44. The van der Waals surface area contributed by atoms with Crippen molar-refractivity contribution in [3.63, 3.8) is 0 Å². The van der Waals surface area contributed by atoms with Gasteiger partial charge in [-0.15, -0.1) is 11.8 Å². The highest BCUT2D eigenvalue weighted by molar-refractivity contribution is 7.98. The van der Waals surface area contributed by atoms with Crippen LogP contribution in [0.1, 0.15) is 5.56 Å². The highest BCUT2D eigenvalue weighted by Gasteiger charge is 2.01. The van der Waals surface area contributed by atoms with E-state index in [9.17, 15) is 0 Å². The van der Waals surface area contributed by atoms with Crippen molar-refractivity contribution in [2.24, 2.45) is 0 Å². The van der Waals surface area contributed by atoms with Crippen molar-refractivity contribution in [3.05, 3.63) is 23.8 Å². The number of methoxy groups -OCH3 is 1. The Morgan fingerprint density at radius 2 is 2.25 bits per heavy atom. The molecule has 3 heteroatoms. The number of hydrogen-bond acceptors (Lipinski definition) is 3. The van der Waals surface area contributed by atoms with Gasteiger partial charge in [0.25, 0.3) is 0 Å². The molecule has 66 valence electrons. The van der Waals surface area contributed by atoms with Crippen molar-refractivity contribution in [2.75, 3.05) is 13.4 Å². The molecule has 0 aliphatic rings. The van der Waals surface area contributed by atoms with E-state index in [1.807, 2.05) is 24.5 Å². The first kappa shape index (κ1) is 9.42. The molecule has 0 radical (unpaired) electrons. The average molecular weight is 184 g/mol. The summed E-state index contributed by atoms with van der Waals surface area (Å²) >= 11 is 1.61. The summed E-state index contributed by atoms with van der Waals surface area (Å²) in [4.78, 5) is 1.06. The number of ether oxygens (including phenoxy) is 1. The van der Waals surface area contributed by atoms with E-state index in [2.05, 4.69) is 0 Å². The van der Waals surface area contributed by atoms with Gasteiger partial charge in [-0.25, -0.2) is 0 Å². The van der Waals surface area contributed by atoms with Crippen LogP contribution in [-0.4, -0.2) is 18.5 Å². The number of aliphatic hydroxyl groups is 1. The Balaban J connectivity index is 3.02. The average Bonchev–Trinajstić information content (AvgIpc) is 2.16. The van der Waals surface area contributed by atoms with Gasteiger partial charge in [-0.2, -0.15) is 0 Å². The van der Waals surface area contributed by atoms with Crippen molar-refractivity contribution in [1.82, 2.24) is 0 Å². The quantitative estimate of drug-likeness (QED) is 0.728. The standard InChI is InChI=1S/C9H12O2S/c1-11-8-4-3-7(6-10)5-9(8)12-2/h3-5,10H,6H2,1-2H3. The van der Waals surface area contributed by atoms with Crippen LogP contribution in [0, 0.1) is 0 Å². The van der Waals surface area contributed by atoms with Gasteiger partial charge in [0, 0.05) is 4.90 Å². The zero-order valence-electron chi connectivity index (χ0n) is 7.20. The minimum Gasteiger partial charge on any atom is -0.496 e. The highest BCUT2D eigenvalue weighted by atomic mass is 32.2. The van der Waals surface area contributed by atoms with Crippen molar-refractivity contribution in [3.8, 4) is 5.75 Å². The normalized spacial score (nSPS) is 9.92. The van der Waals surface area contributed by atoms with Crippen LogP contribution in [0.4, 0.5) is 0 Å². The molecule has 0 amide bonds. The fourth-order valence-corrected chi connectivity index (χ4v) is 1.60. The Labute approximate surface area is 76.6 Å². The Hall–Kier alpha value is -0.670. The molecule has 0 saturated heterocycles. The molecule has 0 aliphatic carbocycles. The van der Waals surface area contributed by atoms with Gasteiger partial charge in [0.15, 0.2) is 0 Å². The SMILES string of the molecule is COc1ccc(CO)cc1SC. The molecule has 0 heterocycles.